The van der Waals surface area contributed by atoms with Gasteiger partial charge in [-0.3, -0.25) is 0 Å². The third-order valence-corrected chi connectivity index (χ3v) is 2.62. The van der Waals surface area contributed by atoms with E-state index in [2.05, 4.69) is 12.2 Å². The second-order valence-corrected chi connectivity index (χ2v) is 4.24. The molecule has 0 bridgehead atoms. The molecule has 0 heterocycles. The van der Waals surface area contributed by atoms with E-state index in [1.165, 1.54) is 12.8 Å². The zero-order valence-electron chi connectivity index (χ0n) is 9.30. The van der Waals surface area contributed by atoms with E-state index in [0.29, 0.717) is 6.04 Å². The molecule has 0 aromatic carbocycles. The lowest BCUT2D eigenvalue weighted by atomic mass is 10.2. The first kappa shape index (κ1) is 12.0. The van der Waals surface area contributed by atoms with E-state index in [-0.39, 0.29) is 0 Å². The zero-order chi connectivity index (χ0) is 10.2. The highest BCUT2D eigenvalue weighted by atomic mass is 16.5. The fraction of sp³-hybridized carbons (Fsp3) is 1.00. The lowest BCUT2D eigenvalue weighted by molar-refractivity contribution is 0.122. The largest absolute Gasteiger partial charge is 0.381 e. The number of rotatable bonds is 9. The molecule has 0 saturated heterocycles. The van der Waals surface area contributed by atoms with Crippen LogP contribution in [-0.4, -0.2) is 32.3 Å². The van der Waals surface area contributed by atoms with Gasteiger partial charge in [0.05, 0.1) is 0 Å². The highest BCUT2D eigenvalue weighted by molar-refractivity contribution is 4.71. The van der Waals surface area contributed by atoms with E-state index in [9.17, 15) is 0 Å². The molecule has 1 atom stereocenters. The average Bonchev–Trinajstić information content (AvgIpc) is 2.99. The van der Waals surface area contributed by atoms with Crippen molar-refractivity contribution in [3.05, 3.63) is 0 Å². The predicted molar refractivity (Wildman–Crippen MR) is 59.3 cm³/mol. The highest BCUT2D eigenvalue weighted by Crippen LogP contribution is 2.28. The maximum absolute atomic E-state index is 5.77. The van der Waals surface area contributed by atoms with Gasteiger partial charge < -0.3 is 15.8 Å². The lowest BCUT2D eigenvalue weighted by Crippen LogP contribution is -2.33. The van der Waals surface area contributed by atoms with E-state index in [0.717, 1.165) is 45.1 Å². The summed E-state index contributed by atoms with van der Waals surface area (Å²) in [5, 5.41) is 3.33. The van der Waals surface area contributed by atoms with Gasteiger partial charge in [-0.15, -0.1) is 0 Å². The molecule has 84 valence electrons. The van der Waals surface area contributed by atoms with Crippen LogP contribution in [0.3, 0.4) is 0 Å². The standard InChI is InChI=1S/C11H24N2O/c1-2-11(12)8-13-6-3-7-14-9-10-4-5-10/h10-11,13H,2-9,12H2,1H3. The summed E-state index contributed by atoms with van der Waals surface area (Å²) in [6.45, 7) is 5.95. The van der Waals surface area contributed by atoms with Crippen molar-refractivity contribution < 1.29 is 4.74 Å². The Balaban J connectivity index is 1.70. The highest BCUT2D eigenvalue weighted by Gasteiger charge is 2.20. The van der Waals surface area contributed by atoms with E-state index >= 15 is 0 Å². The van der Waals surface area contributed by atoms with Gasteiger partial charge in [-0.1, -0.05) is 6.92 Å². The lowest BCUT2D eigenvalue weighted by Gasteiger charge is -2.09. The average molecular weight is 200 g/mol. The molecule has 0 spiro atoms. The summed E-state index contributed by atoms with van der Waals surface area (Å²) in [6, 6.07) is 0.308. The first-order chi connectivity index (χ1) is 6.83. The molecular formula is C11H24N2O. The summed E-state index contributed by atoms with van der Waals surface area (Å²) in [6.07, 6.45) is 4.90. The zero-order valence-corrected chi connectivity index (χ0v) is 9.30. The van der Waals surface area contributed by atoms with Crippen molar-refractivity contribution in [1.29, 1.82) is 0 Å². The summed E-state index contributed by atoms with van der Waals surface area (Å²) in [7, 11) is 0. The molecule has 1 aliphatic carbocycles. The molecule has 0 amide bonds. The van der Waals surface area contributed by atoms with Crippen LogP contribution in [0.1, 0.15) is 32.6 Å². The Morgan fingerprint density at radius 3 is 2.93 bits per heavy atom. The molecular weight excluding hydrogens is 176 g/mol. The van der Waals surface area contributed by atoms with Gasteiger partial charge in [0.1, 0.15) is 0 Å². The molecule has 0 aromatic rings. The molecule has 1 rings (SSSR count). The molecule has 0 radical (unpaired) electrons. The van der Waals surface area contributed by atoms with Gasteiger partial charge in [-0.2, -0.15) is 0 Å². The Morgan fingerprint density at radius 1 is 1.50 bits per heavy atom. The molecule has 1 unspecified atom stereocenters. The van der Waals surface area contributed by atoms with Crippen molar-refractivity contribution in [3.8, 4) is 0 Å². The third-order valence-electron chi connectivity index (χ3n) is 2.62. The Hall–Kier alpha value is -0.120. The Kier molecular flexibility index (Phi) is 6.15. The molecule has 0 aliphatic heterocycles. The van der Waals surface area contributed by atoms with Gasteiger partial charge in [0.15, 0.2) is 0 Å². The normalized spacial score (nSPS) is 18.4. The molecule has 14 heavy (non-hydrogen) atoms. The topological polar surface area (TPSA) is 47.3 Å². The van der Waals surface area contributed by atoms with Crippen molar-refractivity contribution in [3.63, 3.8) is 0 Å². The van der Waals surface area contributed by atoms with Crippen molar-refractivity contribution in [2.45, 2.75) is 38.6 Å². The minimum Gasteiger partial charge on any atom is -0.381 e. The fourth-order valence-corrected chi connectivity index (χ4v) is 1.27. The van der Waals surface area contributed by atoms with Crippen molar-refractivity contribution in [1.82, 2.24) is 5.32 Å². The summed E-state index contributed by atoms with van der Waals surface area (Å²) >= 11 is 0. The molecule has 3 heteroatoms. The van der Waals surface area contributed by atoms with E-state index < -0.39 is 0 Å². The van der Waals surface area contributed by atoms with Crippen molar-refractivity contribution in [2.75, 3.05) is 26.3 Å². The van der Waals surface area contributed by atoms with Gasteiger partial charge in [-0.25, -0.2) is 0 Å². The number of nitrogens with two attached hydrogens (primary N) is 1. The Bertz CT molecular complexity index is 137. The van der Waals surface area contributed by atoms with Crippen LogP contribution < -0.4 is 11.1 Å². The first-order valence-electron chi connectivity index (χ1n) is 5.87. The number of ether oxygens (including phenoxy) is 1. The Morgan fingerprint density at radius 2 is 2.29 bits per heavy atom. The van der Waals surface area contributed by atoms with Crippen LogP contribution in [-0.2, 0) is 4.74 Å². The minimum absolute atomic E-state index is 0.308. The minimum atomic E-state index is 0.308. The Labute approximate surface area is 87.4 Å². The summed E-state index contributed by atoms with van der Waals surface area (Å²) in [5.74, 6) is 0.886. The maximum atomic E-state index is 5.77. The molecule has 1 saturated carbocycles. The van der Waals surface area contributed by atoms with Crippen LogP contribution in [0.4, 0.5) is 0 Å². The summed E-state index contributed by atoms with van der Waals surface area (Å²) in [5.41, 5.74) is 5.77. The SMILES string of the molecule is CCC(N)CNCCCOCC1CC1. The van der Waals surface area contributed by atoms with Crippen LogP contribution in [0.5, 0.6) is 0 Å². The second-order valence-electron chi connectivity index (χ2n) is 4.24. The van der Waals surface area contributed by atoms with E-state index in [4.69, 9.17) is 10.5 Å². The maximum Gasteiger partial charge on any atom is 0.0494 e. The quantitative estimate of drug-likeness (QED) is 0.549. The molecule has 1 fully saturated rings. The summed E-state index contributed by atoms with van der Waals surface area (Å²) < 4.78 is 5.52. The van der Waals surface area contributed by atoms with Gasteiger partial charge >= 0.3 is 0 Å². The molecule has 1 aliphatic rings. The molecule has 3 nitrogen and oxygen atoms in total. The van der Waals surface area contributed by atoms with Gasteiger partial charge in [-0.05, 0) is 38.1 Å². The summed E-state index contributed by atoms with van der Waals surface area (Å²) in [4.78, 5) is 0. The van der Waals surface area contributed by atoms with Crippen molar-refractivity contribution in [2.24, 2.45) is 11.7 Å². The van der Waals surface area contributed by atoms with Gasteiger partial charge in [0.25, 0.3) is 0 Å². The molecule has 0 aromatic heterocycles. The van der Waals surface area contributed by atoms with Gasteiger partial charge in [0.2, 0.25) is 0 Å². The number of nitrogens with one attached hydrogen (secondary N) is 1. The van der Waals surface area contributed by atoms with Crippen LogP contribution in [0.2, 0.25) is 0 Å². The van der Waals surface area contributed by atoms with E-state index in [1.807, 2.05) is 0 Å². The van der Waals surface area contributed by atoms with Gasteiger partial charge in [0, 0.05) is 25.8 Å². The van der Waals surface area contributed by atoms with Crippen LogP contribution in [0, 0.1) is 5.92 Å². The predicted octanol–water partition coefficient (Wildman–Crippen LogP) is 1.13. The number of hydrogen-bond acceptors (Lipinski definition) is 3. The van der Waals surface area contributed by atoms with E-state index in [1.54, 1.807) is 0 Å². The fourth-order valence-electron chi connectivity index (χ4n) is 1.27. The first-order valence-corrected chi connectivity index (χ1v) is 5.87. The van der Waals surface area contributed by atoms with Crippen LogP contribution >= 0.6 is 0 Å². The van der Waals surface area contributed by atoms with Crippen molar-refractivity contribution >= 4 is 0 Å². The third kappa shape index (κ3) is 6.35. The molecule has 3 N–H and O–H groups in total. The van der Waals surface area contributed by atoms with Crippen LogP contribution in [0.25, 0.3) is 0 Å². The van der Waals surface area contributed by atoms with Crippen LogP contribution in [0.15, 0.2) is 0 Å². The second kappa shape index (κ2) is 7.21. The smallest absolute Gasteiger partial charge is 0.0494 e. The number of hydrogen-bond donors (Lipinski definition) is 2. The monoisotopic (exact) mass is 200 g/mol.